The average Bonchev–Trinajstić information content (AvgIpc) is 3.13. The number of hydrogen-bond donors (Lipinski definition) is 2. The number of hydrogen-bond acceptors (Lipinski definition) is 8. The molecule has 2 rings (SSSR count). The van der Waals surface area contributed by atoms with Crippen LogP contribution in [-0.4, -0.2) is 41.0 Å². The predicted octanol–water partition coefficient (Wildman–Crippen LogP) is 3.69. The standard InChI is InChI=1S/C19H26N4O3S2/c1-6-12(3)16(17(25)26-5)21-15(24)10-27-19-23-22-18(28-19)20-14-8-7-11(2)9-13(14)4/h7-9,12,16H,6,10H2,1-5H3,(H,20,22)(H,21,24)/t12-,16+/m0/s1. The van der Waals surface area contributed by atoms with Crippen LogP contribution in [-0.2, 0) is 14.3 Å². The van der Waals surface area contributed by atoms with Crippen LogP contribution in [0.1, 0.15) is 31.4 Å². The summed E-state index contributed by atoms with van der Waals surface area (Å²) in [4.78, 5) is 24.1. The van der Waals surface area contributed by atoms with E-state index in [4.69, 9.17) is 4.74 Å². The molecule has 1 heterocycles. The number of rotatable bonds is 9. The van der Waals surface area contributed by atoms with Crippen LogP contribution in [0.5, 0.6) is 0 Å². The van der Waals surface area contributed by atoms with Gasteiger partial charge < -0.3 is 15.4 Å². The molecule has 1 aromatic carbocycles. The zero-order valence-electron chi connectivity index (χ0n) is 16.7. The molecular formula is C19H26N4O3S2. The molecule has 0 saturated heterocycles. The number of nitrogens with one attached hydrogen (secondary N) is 2. The van der Waals surface area contributed by atoms with Gasteiger partial charge in [-0.2, -0.15) is 0 Å². The Morgan fingerprint density at radius 1 is 1.29 bits per heavy atom. The van der Waals surface area contributed by atoms with Gasteiger partial charge in [-0.3, -0.25) is 4.79 Å². The van der Waals surface area contributed by atoms with Crippen molar-refractivity contribution >= 4 is 45.8 Å². The molecule has 0 aliphatic rings. The third kappa shape index (κ3) is 6.20. The molecule has 2 N–H and O–H groups in total. The maximum atomic E-state index is 12.2. The Morgan fingerprint density at radius 3 is 2.68 bits per heavy atom. The van der Waals surface area contributed by atoms with Crippen molar-refractivity contribution in [3.05, 3.63) is 29.3 Å². The van der Waals surface area contributed by atoms with Gasteiger partial charge in [0.2, 0.25) is 11.0 Å². The number of nitrogens with zero attached hydrogens (tertiary/aromatic N) is 2. The van der Waals surface area contributed by atoms with E-state index in [-0.39, 0.29) is 17.6 Å². The van der Waals surface area contributed by atoms with E-state index < -0.39 is 12.0 Å². The summed E-state index contributed by atoms with van der Waals surface area (Å²) in [5.41, 5.74) is 3.30. The van der Waals surface area contributed by atoms with Crippen molar-refractivity contribution in [3.8, 4) is 0 Å². The number of carbonyl (C=O) groups excluding carboxylic acids is 2. The molecule has 2 atom stereocenters. The summed E-state index contributed by atoms with van der Waals surface area (Å²) < 4.78 is 5.47. The van der Waals surface area contributed by atoms with Crippen LogP contribution < -0.4 is 10.6 Å². The van der Waals surface area contributed by atoms with Crippen LogP contribution in [0.15, 0.2) is 22.5 Å². The van der Waals surface area contributed by atoms with Gasteiger partial charge in [-0.15, -0.1) is 10.2 Å². The van der Waals surface area contributed by atoms with Gasteiger partial charge in [-0.1, -0.05) is 61.1 Å². The zero-order chi connectivity index (χ0) is 20.7. The van der Waals surface area contributed by atoms with E-state index >= 15 is 0 Å². The molecule has 0 radical (unpaired) electrons. The van der Waals surface area contributed by atoms with Crippen LogP contribution in [0.4, 0.5) is 10.8 Å². The van der Waals surface area contributed by atoms with Gasteiger partial charge in [0.1, 0.15) is 6.04 Å². The molecule has 2 aromatic rings. The minimum absolute atomic E-state index is 0.00326. The van der Waals surface area contributed by atoms with Crippen molar-refractivity contribution in [1.82, 2.24) is 15.5 Å². The lowest BCUT2D eigenvalue weighted by molar-refractivity contribution is -0.146. The minimum Gasteiger partial charge on any atom is -0.467 e. The summed E-state index contributed by atoms with van der Waals surface area (Å²) >= 11 is 2.67. The summed E-state index contributed by atoms with van der Waals surface area (Å²) in [7, 11) is 1.32. The Bertz CT molecular complexity index is 825. The molecule has 0 aliphatic heterocycles. The number of benzene rings is 1. The lowest BCUT2D eigenvalue weighted by atomic mass is 9.99. The first-order valence-corrected chi connectivity index (χ1v) is 10.8. The second-order valence-electron chi connectivity index (χ2n) is 6.56. The van der Waals surface area contributed by atoms with Crippen molar-refractivity contribution in [1.29, 1.82) is 0 Å². The maximum Gasteiger partial charge on any atom is 0.328 e. The molecule has 0 unspecified atom stereocenters. The lowest BCUT2D eigenvalue weighted by Gasteiger charge is -2.21. The van der Waals surface area contributed by atoms with Gasteiger partial charge in [-0.05, 0) is 31.4 Å². The van der Waals surface area contributed by atoms with Crippen molar-refractivity contribution in [2.75, 3.05) is 18.2 Å². The number of anilines is 2. The predicted molar refractivity (Wildman–Crippen MR) is 113 cm³/mol. The summed E-state index contributed by atoms with van der Waals surface area (Å²) in [6.45, 7) is 7.96. The summed E-state index contributed by atoms with van der Waals surface area (Å²) in [5, 5.41) is 14.9. The van der Waals surface area contributed by atoms with Crippen molar-refractivity contribution in [3.63, 3.8) is 0 Å². The molecule has 0 fully saturated rings. The molecule has 7 nitrogen and oxygen atoms in total. The normalized spacial score (nSPS) is 12.9. The van der Waals surface area contributed by atoms with Gasteiger partial charge in [0, 0.05) is 5.69 Å². The van der Waals surface area contributed by atoms with Gasteiger partial charge in [-0.25, -0.2) is 4.79 Å². The molecule has 1 amide bonds. The van der Waals surface area contributed by atoms with Crippen LogP contribution in [0, 0.1) is 19.8 Å². The number of carbonyl (C=O) groups is 2. The molecule has 0 aliphatic carbocycles. The van der Waals surface area contributed by atoms with Crippen LogP contribution >= 0.6 is 23.1 Å². The first kappa shape index (κ1) is 22.2. The Hall–Kier alpha value is -2.13. The van der Waals surface area contributed by atoms with Crippen LogP contribution in [0.25, 0.3) is 0 Å². The highest BCUT2D eigenvalue weighted by molar-refractivity contribution is 8.01. The lowest BCUT2D eigenvalue weighted by Crippen LogP contribution is -2.46. The number of aryl methyl sites for hydroxylation is 2. The van der Waals surface area contributed by atoms with E-state index in [9.17, 15) is 9.59 Å². The highest BCUT2D eigenvalue weighted by Crippen LogP contribution is 2.29. The SMILES string of the molecule is CC[C@H](C)[C@@H](NC(=O)CSc1nnc(Nc2ccc(C)cc2C)s1)C(=O)OC. The molecule has 0 bridgehead atoms. The Kier molecular flexibility index (Phi) is 8.25. The molecule has 1 aromatic heterocycles. The highest BCUT2D eigenvalue weighted by Gasteiger charge is 2.26. The van der Waals surface area contributed by atoms with E-state index in [1.807, 2.05) is 39.8 Å². The first-order chi connectivity index (χ1) is 13.3. The summed E-state index contributed by atoms with van der Waals surface area (Å²) in [5.74, 6) is -0.512. The largest absolute Gasteiger partial charge is 0.467 e. The van der Waals surface area contributed by atoms with E-state index in [0.29, 0.717) is 9.47 Å². The van der Waals surface area contributed by atoms with Crippen LogP contribution in [0.3, 0.4) is 0 Å². The minimum atomic E-state index is -0.640. The number of ether oxygens (including phenoxy) is 1. The van der Waals surface area contributed by atoms with Crippen molar-refractivity contribution in [2.45, 2.75) is 44.5 Å². The highest BCUT2D eigenvalue weighted by atomic mass is 32.2. The van der Waals surface area contributed by atoms with E-state index in [2.05, 4.69) is 26.9 Å². The topological polar surface area (TPSA) is 93.2 Å². The quantitative estimate of drug-likeness (QED) is 0.470. The fourth-order valence-electron chi connectivity index (χ4n) is 2.53. The summed E-state index contributed by atoms with van der Waals surface area (Å²) in [6.07, 6.45) is 0.761. The van der Waals surface area contributed by atoms with Gasteiger partial charge in [0.25, 0.3) is 0 Å². The number of thioether (sulfide) groups is 1. The van der Waals surface area contributed by atoms with E-state index in [1.54, 1.807) is 0 Å². The zero-order valence-corrected chi connectivity index (χ0v) is 18.4. The molecule has 9 heteroatoms. The van der Waals surface area contributed by atoms with Gasteiger partial charge >= 0.3 is 5.97 Å². The second kappa shape index (κ2) is 10.4. The maximum absolute atomic E-state index is 12.2. The average molecular weight is 423 g/mol. The van der Waals surface area contributed by atoms with E-state index in [1.165, 1.54) is 35.8 Å². The fourth-order valence-corrected chi connectivity index (χ4v) is 4.10. The number of amides is 1. The summed E-state index contributed by atoms with van der Waals surface area (Å²) in [6, 6.07) is 5.50. The molecule has 28 heavy (non-hydrogen) atoms. The van der Waals surface area contributed by atoms with Gasteiger partial charge in [0.15, 0.2) is 4.34 Å². The third-order valence-corrected chi connectivity index (χ3v) is 6.31. The second-order valence-corrected chi connectivity index (χ2v) is 8.76. The fraction of sp³-hybridized carbons (Fsp3) is 0.474. The van der Waals surface area contributed by atoms with Crippen molar-refractivity contribution < 1.29 is 14.3 Å². The smallest absolute Gasteiger partial charge is 0.328 e. The number of aromatic nitrogens is 2. The molecule has 0 spiro atoms. The van der Waals surface area contributed by atoms with E-state index in [0.717, 1.165) is 17.7 Å². The molecular weight excluding hydrogens is 396 g/mol. The van der Waals surface area contributed by atoms with Crippen LogP contribution in [0.2, 0.25) is 0 Å². The first-order valence-electron chi connectivity index (χ1n) is 9.01. The third-order valence-electron chi connectivity index (χ3n) is 4.34. The monoisotopic (exact) mass is 422 g/mol. The Balaban J connectivity index is 1.90. The van der Waals surface area contributed by atoms with Crippen molar-refractivity contribution in [2.24, 2.45) is 5.92 Å². The Morgan fingerprint density at radius 2 is 2.04 bits per heavy atom. The Labute approximate surface area is 173 Å². The number of esters is 1. The molecule has 0 saturated carbocycles. The number of methoxy groups -OCH3 is 1. The molecule has 152 valence electrons. The van der Waals surface area contributed by atoms with Gasteiger partial charge in [0.05, 0.1) is 12.9 Å².